The summed E-state index contributed by atoms with van der Waals surface area (Å²) in [6, 6.07) is 14.4. The molecule has 1 aliphatic rings. The molecular weight excluding hydrogens is 444 g/mol. The predicted octanol–water partition coefficient (Wildman–Crippen LogP) is 3.56. The third kappa shape index (κ3) is 4.91. The van der Waals surface area contributed by atoms with E-state index in [0.29, 0.717) is 37.6 Å². The van der Waals surface area contributed by atoms with E-state index in [9.17, 15) is 13.2 Å². The summed E-state index contributed by atoms with van der Waals surface area (Å²) in [6.45, 7) is 4.49. The highest BCUT2D eigenvalue weighted by Gasteiger charge is 2.27. The number of likely N-dealkylation sites (N-methyl/N-ethyl adjacent to an activating group) is 1. The van der Waals surface area contributed by atoms with Gasteiger partial charge in [0.2, 0.25) is 10.0 Å². The van der Waals surface area contributed by atoms with E-state index in [0.717, 1.165) is 17.0 Å². The number of aromatic nitrogens is 1. The molecule has 0 spiro atoms. The highest BCUT2D eigenvalue weighted by Crippen LogP contribution is 2.25. The third-order valence-electron chi connectivity index (χ3n) is 5.56. The van der Waals surface area contributed by atoms with Crippen molar-refractivity contribution in [2.75, 3.05) is 38.5 Å². The first-order chi connectivity index (χ1) is 15.4. The van der Waals surface area contributed by atoms with Gasteiger partial charge in [0.25, 0.3) is 5.91 Å². The van der Waals surface area contributed by atoms with Gasteiger partial charge >= 0.3 is 0 Å². The Labute approximate surface area is 192 Å². The van der Waals surface area contributed by atoms with Crippen molar-refractivity contribution in [3.63, 3.8) is 0 Å². The van der Waals surface area contributed by atoms with Crippen LogP contribution in [0.3, 0.4) is 0 Å². The van der Waals surface area contributed by atoms with Crippen LogP contribution in [0.1, 0.15) is 23.0 Å². The standard InChI is InChI=1S/C23H26N4O3S2/c1-3-17-4-6-18(7-5-17)23-25-21(16-31-23)22(28)24-19-8-10-20(11-9-19)32(29,30)27-14-12-26(2)13-15-27/h4-11,16H,3,12-15H2,1-2H3,(H,24,28). The Morgan fingerprint density at radius 3 is 2.31 bits per heavy atom. The van der Waals surface area contributed by atoms with E-state index in [1.807, 2.05) is 19.2 Å². The number of carbonyl (C=O) groups is 1. The van der Waals surface area contributed by atoms with Gasteiger partial charge in [0.15, 0.2) is 0 Å². The molecule has 0 saturated carbocycles. The molecule has 2 heterocycles. The molecule has 9 heteroatoms. The quantitative estimate of drug-likeness (QED) is 0.596. The van der Waals surface area contributed by atoms with Crippen LogP contribution >= 0.6 is 11.3 Å². The van der Waals surface area contributed by atoms with Crippen molar-refractivity contribution in [1.82, 2.24) is 14.2 Å². The number of carbonyl (C=O) groups excluding carboxylic acids is 1. The minimum atomic E-state index is -3.53. The normalized spacial score (nSPS) is 15.6. The van der Waals surface area contributed by atoms with Crippen LogP contribution in [0.2, 0.25) is 0 Å². The van der Waals surface area contributed by atoms with Gasteiger partial charge in [-0.1, -0.05) is 31.2 Å². The van der Waals surface area contributed by atoms with Gasteiger partial charge < -0.3 is 10.2 Å². The maximum Gasteiger partial charge on any atom is 0.275 e. The van der Waals surface area contributed by atoms with Crippen LogP contribution in [0.4, 0.5) is 5.69 Å². The first-order valence-corrected chi connectivity index (χ1v) is 12.8. The van der Waals surface area contributed by atoms with E-state index in [1.54, 1.807) is 17.5 Å². The van der Waals surface area contributed by atoms with Gasteiger partial charge in [-0.3, -0.25) is 4.79 Å². The minimum Gasteiger partial charge on any atom is -0.321 e. The lowest BCUT2D eigenvalue weighted by Gasteiger charge is -2.31. The van der Waals surface area contributed by atoms with Gasteiger partial charge in [-0.25, -0.2) is 13.4 Å². The second-order valence-electron chi connectivity index (χ2n) is 7.77. The van der Waals surface area contributed by atoms with Crippen molar-refractivity contribution in [3.05, 3.63) is 65.2 Å². The molecule has 0 bridgehead atoms. The molecule has 1 saturated heterocycles. The van der Waals surface area contributed by atoms with Gasteiger partial charge in [0.05, 0.1) is 4.90 Å². The van der Waals surface area contributed by atoms with Crippen LogP contribution in [-0.2, 0) is 16.4 Å². The number of amides is 1. The lowest BCUT2D eigenvalue weighted by atomic mass is 10.1. The third-order valence-corrected chi connectivity index (χ3v) is 8.36. The molecule has 7 nitrogen and oxygen atoms in total. The molecule has 0 aliphatic carbocycles. The van der Waals surface area contributed by atoms with Crippen molar-refractivity contribution < 1.29 is 13.2 Å². The van der Waals surface area contributed by atoms with E-state index in [4.69, 9.17) is 0 Å². The number of hydrogen-bond donors (Lipinski definition) is 1. The number of hydrogen-bond acceptors (Lipinski definition) is 6. The molecule has 1 aliphatic heterocycles. The zero-order chi connectivity index (χ0) is 22.7. The van der Waals surface area contributed by atoms with Crippen LogP contribution in [0, 0.1) is 0 Å². The number of thiazole rings is 1. The Morgan fingerprint density at radius 2 is 1.69 bits per heavy atom. The van der Waals surface area contributed by atoms with E-state index in [2.05, 4.69) is 34.3 Å². The number of rotatable bonds is 6. The zero-order valence-electron chi connectivity index (χ0n) is 18.1. The fraction of sp³-hybridized carbons (Fsp3) is 0.304. The Hall–Kier alpha value is -2.59. The Morgan fingerprint density at radius 1 is 1.03 bits per heavy atom. The van der Waals surface area contributed by atoms with Crippen LogP contribution in [0.5, 0.6) is 0 Å². The summed E-state index contributed by atoms with van der Waals surface area (Å²) in [4.78, 5) is 19.4. The van der Waals surface area contributed by atoms with Gasteiger partial charge in [-0.2, -0.15) is 4.31 Å². The summed E-state index contributed by atoms with van der Waals surface area (Å²) in [6.07, 6.45) is 0.973. The smallest absolute Gasteiger partial charge is 0.275 e. The van der Waals surface area contributed by atoms with Gasteiger partial charge in [-0.15, -0.1) is 11.3 Å². The summed E-state index contributed by atoms with van der Waals surface area (Å²) < 4.78 is 27.2. The molecule has 1 aromatic heterocycles. The topological polar surface area (TPSA) is 82.6 Å². The number of piperazine rings is 1. The first kappa shape index (κ1) is 22.6. The largest absolute Gasteiger partial charge is 0.321 e. The molecule has 32 heavy (non-hydrogen) atoms. The number of benzene rings is 2. The molecule has 3 aromatic rings. The first-order valence-electron chi connectivity index (χ1n) is 10.5. The Balaban J connectivity index is 1.42. The predicted molar refractivity (Wildman–Crippen MR) is 128 cm³/mol. The molecule has 4 rings (SSSR count). The van der Waals surface area contributed by atoms with E-state index in [-0.39, 0.29) is 10.8 Å². The van der Waals surface area contributed by atoms with E-state index in [1.165, 1.54) is 33.3 Å². The second-order valence-corrected chi connectivity index (χ2v) is 10.6. The number of nitrogens with zero attached hydrogens (tertiary/aromatic N) is 3. The molecule has 168 valence electrons. The van der Waals surface area contributed by atoms with Crippen LogP contribution < -0.4 is 5.32 Å². The van der Waals surface area contributed by atoms with Crippen LogP contribution in [-0.4, -0.2) is 61.7 Å². The molecule has 1 N–H and O–H groups in total. The molecular formula is C23H26N4O3S2. The fourth-order valence-electron chi connectivity index (χ4n) is 3.48. The van der Waals surface area contributed by atoms with Crippen molar-refractivity contribution >= 4 is 33.0 Å². The Kier molecular flexibility index (Phi) is 6.71. The van der Waals surface area contributed by atoms with Crippen molar-refractivity contribution in [2.45, 2.75) is 18.2 Å². The number of aryl methyl sites for hydroxylation is 1. The molecule has 2 aromatic carbocycles. The van der Waals surface area contributed by atoms with Gasteiger partial charge in [0.1, 0.15) is 10.7 Å². The average Bonchev–Trinajstić information content (AvgIpc) is 3.30. The molecule has 0 atom stereocenters. The van der Waals surface area contributed by atoms with E-state index >= 15 is 0 Å². The Bertz CT molecular complexity index is 1180. The lowest BCUT2D eigenvalue weighted by Crippen LogP contribution is -2.46. The fourth-order valence-corrected chi connectivity index (χ4v) is 5.70. The summed E-state index contributed by atoms with van der Waals surface area (Å²) in [5.74, 6) is -0.327. The van der Waals surface area contributed by atoms with E-state index < -0.39 is 10.0 Å². The van der Waals surface area contributed by atoms with Crippen molar-refractivity contribution in [1.29, 1.82) is 0 Å². The van der Waals surface area contributed by atoms with Crippen molar-refractivity contribution in [3.8, 4) is 10.6 Å². The molecule has 1 fully saturated rings. The second kappa shape index (κ2) is 9.50. The number of anilines is 1. The van der Waals surface area contributed by atoms with Crippen LogP contribution in [0.15, 0.2) is 58.8 Å². The average molecular weight is 471 g/mol. The zero-order valence-corrected chi connectivity index (χ0v) is 19.7. The minimum absolute atomic E-state index is 0.228. The maximum atomic E-state index is 12.8. The SMILES string of the molecule is CCc1ccc(-c2nc(C(=O)Nc3ccc(S(=O)(=O)N4CCN(C)CC4)cc3)cs2)cc1. The van der Waals surface area contributed by atoms with Gasteiger partial charge in [-0.05, 0) is 43.3 Å². The monoisotopic (exact) mass is 470 g/mol. The van der Waals surface area contributed by atoms with Crippen LogP contribution in [0.25, 0.3) is 10.6 Å². The molecule has 1 amide bonds. The summed E-state index contributed by atoms with van der Waals surface area (Å²) in [5.41, 5.74) is 3.08. The number of nitrogens with one attached hydrogen (secondary N) is 1. The summed E-state index contributed by atoms with van der Waals surface area (Å²) in [5, 5.41) is 5.31. The van der Waals surface area contributed by atoms with Gasteiger partial charge in [0, 0.05) is 42.8 Å². The summed E-state index contributed by atoms with van der Waals surface area (Å²) >= 11 is 1.42. The summed E-state index contributed by atoms with van der Waals surface area (Å²) in [7, 11) is -1.55. The highest BCUT2D eigenvalue weighted by molar-refractivity contribution is 7.89. The maximum absolute atomic E-state index is 12.8. The molecule has 0 unspecified atom stereocenters. The number of sulfonamides is 1. The lowest BCUT2D eigenvalue weighted by molar-refractivity contribution is 0.102. The van der Waals surface area contributed by atoms with Crippen molar-refractivity contribution in [2.24, 2.45) is 0 Å². The highest BCUT2D eigenvalue weighted by atomic mass is 32.2. The molecule has 0 radical (unpaired) electrons.